The number of pyridine rings is 1. The summed E-state index contributed by atoms with van der Waals surface area (Å²) >= 11 is 1.38. The van der Waals surface area contributed by atoms with E-state index in [-0.39, 0.29) is 6.04 Å². The van der Waals surface area contributed by atoms with E-state index in [2.05, 4.69) is 51.1 Å². The van der Waals surface area contributed by atoms with Gasteiger partial charge in [-0.25, -0.2) is 0 Å². The van der Waals surface area contributed by atoms with E-state index < -0.39 is 0 Å². The number of hydrogen-bond acceptors (Lipinski definition) is 5. The Morgan fingerprint density at radius 3 is 2.95 bits per heavy atom. The minimum atomic E-state index is 0.0484. The summed E-state index contributed by atoms with van der Waals surface area (Å²) in [5.74, 6) is 0. The lowest BCUT2D eigenvalue weighted by atomic mass is 10.0. The highest BCUT2D eigenvalue weighted by atomic mass is 32.1. The van der Waals surface area contributed by atoms with Crippen molar-refractivity contribution < 1.29 is 0 Å². The number of aromatic nitrogens is 3. The van der Waals surface area contributed by atoms with E-state index in [4.69, 9.17) is 0 Å². The molecule has 3 aromatic rings. The summed E-state index contributed by atoms with van der Waals surface area (Å²) in [6.07, 6.45) is 2.91. The number of nitrogens with one attached hydrogen (secondary N) is 1. The number of fused-ring (bicyclic) bond motifs is 1. The SMILES string of the molecule is CCCNC(c1csnn1)c1cccc2cccnc12. The third-order valence-electron chi connectivity index (χ3n) is 3.25. The first kappa shape index (κ1) is 13.1. The molecule has 0 radical (unpaired) electrons. The number of rotatable bonds is 5. The maximum absolute atomic E-state index is 4.54. The van der Waals surface area contributed by atoms with Crippen molar-refractivity contribution in [3.05, 3.63) is 53.2 Å². The smallest absolute Gasteiger partial charge is 0.0970 e. The number of benzene rings is 1. The lowest BCUT2D eigenvalue weighted by molar-refractivity contribution is 0.587. The van der Waals surface area contributed by atoms with Crippen LogP contribution in [0.4, 0.5) is 0 Å². The lowest BCUT2D eigenvalue weighted by Gasteiger charge is -2.18. The van der Waals surface area contributed by atoms with Crippen LogP contribution in [0.25, 0.3) is 10.9 Å². The largest absolute Gasteiger partial charge is 0.305 e. The molecule has 0 amide bonds. The van der Waals surface area contributed by atoms with E-state index in [1.54, 1.807) is 0 Å². The first-order valence-corrected chi connectivity index (χ1v) is 7.57. The molecule has 0 aliphatic heterocycles. The minimum Gasteiger partial charge on any atom is -0.305 e. The van der Waals surface area contributed by atoms with Crippen LogP contribution < -0.4 is 5.32 Å². The fourth-order valence-electron chi connectivity index (χ4n) is 2.32. The summed E-state index contributed by atoms with van der Waals surface area (Å²) in [6.45, 7) is 3.09. The summed E-state index contributed by atoms with van der Waals surface area (Å²) in [5, 5.41) is 10.9. The molecule has 0 spiro atoms. The zero-order chi connectivity index (χ0) is 13.8. The molecule has 0 aliphatic carbocycles. The van der Waals surface area contributed by atoms with Crippen LogP contribution in [0.15, 0.2) is 41.9 Å². The Balaban J connectivity index is 2.09. The van der Waals surface area contributed by atoms with E-state index in [1.165, 1.54) is 11.5 Å². The third-order valence-corrected chi connectivity index (χ3v) is 3.77. The van der Waals surface area contributed by atoms with Crippen molar-refractivity contribution in [1.82, 2.24) is 19.9 Å². The van der Waals surface area contributed by atoms with Crippen LogP contribution in [0, 0.1) is 0 Å². The second kappa shape index (κ2) is 6.07. The van der Waals surface area contributed by atoms with Crippen LogP contribution >= 0.6 is 11.5 Å². The van der Waals surface area contributed by atoms with Crippen molar-refractivity contribution >= 4 is 22.4 Å². The van der Waals surface area contributed by atoms with Gasteiger partial charge in [0.1, 0.15) is 0 Å². The molecular weight excluding hydrogens is 268 g/mol. The van der Waals surface area contributed by atoms with Crippen molar-refractivity contribution in [3.8, 4) is 0 Å². The molecule has 102 valence electrons. The Hall–Kier alpha value is -1.85. The fourth-order valence-corrected chi connectivity index (χ4v) is 2.80. The Morgan fingerprint density at radius 2 is 2.15 bits per heavy atom. The molecule has 1 atom stereocenters. The first-order chi connectivity index (χ1) is 9.90. The van der Waals surface area contributed by atoms with E-state index >= 15 is 0 Å². The van der Waals surface area contributed by atoms with E-state index in [1.807, 2.05) is 17.6 Å². The van der Waals surface area contributed by atoms with Gasteiger partial charge in [-0.15, -0.1) is 5.10 Å². The van der Waals surface area contributed by atoms with Gasteiger partial charge in [-0.05, 0) is 30.6 Å². The summed E-state index contributed by atoms with van der Waals surface area (Å²) in [6, 6.07) is 10.4. The van der Waals surface area contributed by atoms with Gasteiger partial charge >= 0.3 is 0 Å². The van der Waals surface area contributed by atoms with Gasteiger partial charge in [-0.2, -0.15) is 0 Å². The fraction of sp³-hybridized carbons (Fsp3) is 0.267. The van der Waals surface area contributed by atoms with Crippen LogP contribution in [0.3, 0.4) is 0 Å². The predicted molar refractivity (Wildman–Crippen MR) is 81.8 cm³/mol. The Morgan fingerprint density at radius 1 is 1.25 bits per heavy atom. The van der Waals surface area contributed by atoms with Gasteiger partial charge in [-0.3, -0.25) is 4.98 Å². The van der Waals surface area contributed by atoms with Crippen molar-refractivity contribution in [3.63, 3.8) is 0 Å². The average molecular weight is 284 g/mol. The molecule has 1 N–H and O–H groups in total. The summed E-state index contributed by atoms with van der Waals surface area (Å²) in [4.78, 5) is 4.54. The highest BCUT2D eigenvalue weighted by Gasteiger charge is 2.18. The van der Waals surface area contributed by atoms with Crippen LogP contribution in [0.2, 0.25) is 0 Å². The highest BCUT2D eigenvalue weighted by molar-refractivity contribution is 7.03. The average Bonchev–Trinajstić information content (AvgIpc) is 3.02. The number of hydrogen-bond donors (Lipinski definition) is 1. The zero-order valence-corrected chi connectivity index (χ0v) is 12.1. The van der Waals surface area contributed by atoms with Gasteiger partial charge < -0.3 is 5.32 Å². The number of nitrogens with zero attached hydrogens (tertiary/aromatic N) is 3. The van der Waals surface area contributed by atoms with Crippen LogP contribution in [-0.4, -0.2) is 21.1 Å². The second-order valence-electron chi connectivity index (χ2n) is 4.64. The molecule has 1 unspecified atom stereocenters. The van der Waals surface area contributed by atoms with Gasteiger partial charge in [-0.1, -0.05) is 35.7 Å². The molecule has 0 saturated carbocycles. The molecule has 0 saturated heterocycles. The zero-order valence-electron chi connectivity index (χ0n) is 11.3. The maximum Gasteiger partial charge on any atom is 0.0970 e. The molecule has 2 heterocycles. The monoisotopic (exact) mass is 284 g/mol. The second-order valence-corrected chi connectivity index (χ2v) is 5.25. The van der Waals surface area contributed by atoms with Crippen LogP contribution in [0.5, 0.6) is 0 Å². The van der Waals surface area contributed by atoms with Crippen molar-refractivity contribution in [1.29, 1.82) is 0 Å². The minimum absolute atomic E-state index is 0.0484. The molecule has 2 aromatic heterocycles. The molecular formula is C15H16N4S. The van der Waals surface area contributed by atoms with Gasteiger partial charge in [0.15, 0.2) is 0 Å². The van der Waals surface area contributed by atoms with Crippen LogP contribution in [0.1, 0.15) is 30.6 Å². The lowest BCUT2D eigenvalue weighted by Crippen LogP contribution is -2.24. The van der Waals surface area contributed by atoms with E-state index in [9.17, 15) is 0 Å². The Labute approximate surface area is 122 Å². The van der Waals surface area contributed by atoms with E-state index in [0.29, 0.717) is 0 Å². The van der Waals surface area contributed by atoms with Gasteiger partial charge in [0, 0.05) is 22.5 Å². The summed E-state index contributed by atoms with van der Waals surface area (Å²) < 4.78 is 3.99. The predicted octanol–water partition coefficient (Wildman–Crippen LogP) is 3.18. The topological polar surface area (TPSA) is 50.7 Å². The van der Waals surface area contributed by atoms with Crippen LogP contribution in [-0.2, 0) is 0 Å². The quantitative estimate of drug-likeness (QED) is 0.782. The molecule has 3 rings (SSSR count). The van der Waals surface area contributed by atoms with Gasteiger partial charge in [0.05, 0.1) is 17.3 Å². The van der Waals surface area contributed by atoms with Gasteiger partial charge in [0.2, 0.25) is 0 Å². The number of para-hydroxylation sites is 1. The summed E-state index contributed by atoms with van der Waals surface area (Å²) in [5.41, 5.74) is 3.14. The normalized spacial score (nSPS) is 12.7. The first-order valence-electron chi connectivity index (χ1n) is 6.74. The van der Waals surface area contributed by atoms with Crippen molar-refractivity contribution in [2.45, 2.75) is 19.4 Å². The summed E-state index contributed by atoms with van der Waals surface area (Å²) in [7, 11) is 0. The van der Waals surface area contributed by atoms with E-state index in [0.717, 1.165) is 35.1 Å². The standard InChI is InChI=1S/C15H16N4S/c1-2-8-16-15(13-10-20-19-18-13)12-7-3-5-11-6-4-9-17-14(11)12/h3-7,9-10,15-16H,2,8H2,1H3. The molecule has 1 aromatic carbocycles. The molecule has 0 aliphatic rings. The van der Waals surface area contributed by atoms with Crippen molar-refractivity contribution in [2.24, 2.45) is 0 Å². The maximum atomic E-state index is 4.54. The molecule has 4 nitrogen and oxygen atoms in total. The Bertz CT molecular complexity index is 676. The van der Waals surface area contributed by atoms with Crippen molar-refractivity contribution in [2.75, 3.05) is 6.54 Å². The molecule has 0 bridgehead atoms. The van der Waals surface area contributed by atoms with Gasteiger partial charge in [0.25, 0.3) is 0 Å². The third kappa shape index (κ3) is 2.55. The molecule has 5 heteroatoms. The Kier molecular flexibility index (Phi) is 3.99. The molecule has 0 fully saturated rings. The highest BCUT2D eigenvalue weighted by Crippen LogP contribution is 2.27. The molecule has 20 heavy (non-hydrogen) atoms.